The number of benzene rings is 1. The molecule has 2 fully saturated rings. The zero-order valence-corrected chi connectivity index (χ0v) is 18.9. The molecule has 1 aromatic carbocycles. The lowest BCUT2D eigenvalue weighted by Crippen LogP contribution is -2.50. The van der Waals surface area contributed by atoms with E-state index in [-0.39, 0.29) is 11.7 Å². The van der Waals surface area contributed by atoms with Gasteiger partial charge in [-0.3, -0.25) is 14.5 Å². The molecule has 1 aromatic heterocycles. The van der Waals surface area contributed by atoms with Gasteiger partial charge in [0.05, 0.1) is 13.7 Å². The summed E-state index contributed by atoms with van der Waals surface area (Å²) in [5.74, 6) is 1.19. The first-order valence-electron chi connectivity index (χ1n) is 11.3. The Morgan fingerprint density at radius 1 is 1.06 bits per heavy atom. The summed E-state index contributed by atoms with van der Waals surface area (Å²) < 4.78 is 7.70. The highest BCUT2D eigenvalue weighted by atomic mass is 16.5. The lowest BCUT2D eigenvalue weighted by molar-refractivity contribution is -0.132. The van der Waals surface area contributed by atoms with Gasteiger partial charge in [0.25, 0.3) is 0 Å². The number of carbonyl (C=O) groups is 2. The van der Waals surface area contributed by atoms with Gasteiger partial charge < -0.3 is 14.2 Å². The van der Waals surface area contributed by atoms with Gasteiger partial charge in [0.1, 0.15) is 5.75 Å². The second kappa shape index (κ2) is 9.27. The molecule has 1 saturated carbocycles. The van der Waals surface area contributed by atoms with Gasteiger partial charge in [-0.1, -0.05) is 18.2 Å². The van der Waals surface area contributed by atoms with Crippen LogP contribution in [-0.2, 0) is 11.2 Å². The largest absolute Gasteiger partial charge is 0.496 e. The summed E-state index contributed by atoms with van der Waals surface area (Å²) in [5, 5.41) is 0. The Hall–Kier alpha value is -2.60. The summed E-state index contributed by atoms with van der Waals surface area (Å²) in [5.41, 5.74) is 4.22. The summed E-state index contributed by atoms with van der Waals surface area (Å²) in [6.07, 6.45) is 3.60. The topological polar surface area (TPSA) is 54.8 Å². The average molecular weight is 424 g/mol. The first kappa shape index (κ1) is 21.6. The van der Waals surface area contributed by atoms with Gasteiger partial charge in [0.15, 0.2) is 5.78 Å². The minimum Gasteiger partial charge on any atom is -0.496 e. The molecule has 6 nitrogen and oxygen atoms in total. The summed E-state index contributed by atoms with van der Waals surface area (Å²) in [7, 11) is 1.66. The van der Waals surface area contributed by atoms with Crippen molar-refractivity contribution in [1.29, 1.82) is 0 Å². The van der Waals surface area contributed by atoms with Crippen LogP contribution in [0.15, 0.2) is 30.3 Å². The quantitative estimate of drug-likeness (QED) is 0.611. The number of ketones is 1. The number of methoxy groups -OCH3 is 1. The number of amides is 1. The smallest absolute Gasteiger partial charge is 0.222 e. The second-order valence-corrected chi connectivity index (χ2v) is 8.78. The number of rotatable bonds is 8. The Bertz CT molecular complexity index is 953. The van der Waals surface area contributed by atoms with Crippen LogP contribution in [-0.4, -0.2) is 65.9 Å². The van der Waals surface area contributed by atoms with Crippen LogP contribution in [0.3, 0.4) is 0 Å². The third-order valence-electron chi connectivity index (χ3n) is 6.59. The van der Waals surface area contributed by atoms with Crippen molar-refractivity contribution >= 4 is 11.7 Å². The fourth-order valence-electron chi connectivity index (χ4n) is 4.71. The van der Waals surface area contributed by atoms with E-state index in [1.165, 1.54) is 18.5 Å². The van der Waals surface area contributed by atoms with Crippen molar-refractivity contribution < 1.29 is 14.3 Å². The second-order valence-electron chi connectivity index (χ2n) is 8.78. The number of carbonyl (C=O) groups excluding carboxylic acids is 2. The van der Waals surface area contributed by atoms with Crippen LogP contribution < -0.4 is 4.74 Å². The lowest BCUT2D eigenvalue weighted by atomic mass is 10.1. The van der Waals surface area contributed by atoms with E-state index in [9.17, 15) is 9.59 Å². The van der Waals surface area contributed by atoms with Crippen molar-refractivity contribution in [2.24, 2.45) is 0 Å². The van der Waals surface area contributed by atoms with Crippen molar-refractivity contribution in [3.8, 4) is 5.75 Å². The number of piperazine rings is 1. The van der Waals surface area contributed by atoms with Crippen molar-refractivity contribution in [3.63, 3.8) is 0 Å². The SMILES string of the molecule is COc1ccccc1CCC(=O)N1CCN(CC(=O)c2cc(C)n(C3CC3)c2C)CC1. The minimum atomic E-state index is 0.171. The lowest BCUT2D eigenvalue weighted by Gasteiger charge is -2.34. The number of hydrogen-bond donors (Lipinski definition) is 0. The highest BCUT2D eigenvalue weighted by Crippen LogP contribution is 2.38. The molecular weight excluding hydrogens is 390 g/mol. The van der Waals surface area contributed by atoms with E-state index < -0.39 is 0 Å². The fraction of sp³-hybridized carbons (Fsp3) is 0.520. The maximum Gasteiger partial charge on any atom is 0.222 e. The molecule has 2 aromatic rings. The van der Waals surface area contributed by atoms with E-state index in [1.54, 1.807) is 7.11 Å². The van der Waals surface area contributed by atoms with Gasteiger partial charge in [-0.05, 0) is 50.8 Å². The van der Waals surface area contributed by atoms with Gasteiger partial charge >= 0.3 is 0 Å². The van der Waals surface area contributed by atoms with E-state index >= 15 is 0 Å². The molecule has 2 aliphatic rings. The molecule has 31 heavy (non-hydrogen) atoms. The molecule has 6 heteroatoms. The van der Waals surface area contributed by atoms with Crippen LogP contribution in [0.4, 0.5) is 0 Å². The third kappa shape index (κ3) is 4.85. The van der Waals surface area contributed by atoms with Gasteiger partial charge in [0.2, 0.25) is 5.91 Å². The van der Waals surface area contributed by atoms with E-state index in [0.29, 0.717) is 38.5 Å². The Kier molecular flexibility index (Phi) is 6.46. The van der Waals surface area contributed by atoms with Crippen molar-refractivity contribution in [2.75, 3.05) is 39.8 Å². The molecule has 0 atom stereocenters. The maximum absolute atomic E-state index is 12.9. The predicted molar refractivity (Wildman–Crippen MR) is 121 cm³/mol. The van der Waals surface area contributed by atoms with E-state index in [4.69, 9.17) is 4.74 Å². The number of Topliss-reactive ketones (excluding diaryl/α,β-unsaturated/α-hetero) is 1. The molecule has 0 N–H and O–H groups in total. The predicted octanol–water partition coefficient (Wildman–Crippen LogP) is 3.41. The van der Waals surface area contributed by atoms with Crippen molar-refractivity contribution in [1.82, 2.24) is 14.4 Å². The van der Waals surface area contributed by atoms with Gasteiger partial charge in [0, 0.05) is 55.6 Å². The summed E-state index contributed by atoms with van der Waals surface area (Å²) >= 11 is 0. The van der Waals surface area contributed by atoms with Crippen molar-refractivity contribution in [3.05, 3.63) is 52.8 Å². The molecule has 0 radical (unpaired) electrons. The molecule has 0 spiro atoms. The molecular formula is C25H33N3O3. The van der Waals surface area contributed by atoms with Crippen LogP contribution >= 0.6 is 0 Å². The fourth-order valence-corrected chi connectivity index (χ4v) is 4.71. The summed E-state index contributed by atoms with van der Waals surface area (Å²) in [6, 6.07) is 10.5. The van der Waals surface area contributed by atoms with E-state index in [0.717, 1.165) is 35.7 Å². The standard InChI is InChI=1S/C25H33N3O3/c1-18-16-22(19(2)28(18)21-9-10-21)23(29)17-26-12-14-27(15-13-26)25(30)11-8-20-6-4-5-7-24(20)31-3/h4-7,16,21H,8-15,17H2,1-3H3. The van der Waals surface area contributed by atoms with Gasteiger partial charge in [-0.2, -0.15) is 0 Å². The van der Waals surface area contributed by atoms with Gasteiger partial charge in [-0.15, -0.1) is 0 Å². The molecule has 166 valence electrons. The zero-order chi connectivity index (χ0) is 22.0. The number of aryl methyl sites for hydroxylation is 2. The Balaban J connectivity index is 1.26. The van der Waals surface area contributed by atoms with Gasteiger partial charge in [-0.25, -0.2) is 0 Å². The molecule has 0 unspecified atom stereocenters. The van der Waals surface area contributed by atoms with E-state index in [1.807, 2.05) is 35.2 Å². The van der Waals surface area contributed by atoms with Crippen LogP contribution in [0.1, 0.15) is 52.6 Å². The highest BCUT2D eigenvalue weighted by Gasteiger charge is 2.29. The van der Waals surface area contributed by atoms with Crippen LogP contribution in [0, 0.1) is 13.8 Å². The van der Waals surface area contributed by atoms with E-state index in [2.05, 4.69) is 23.3 Å². The summed E-state index contributed by atoms with van der Waals surface area (Å²) in [4.78, 5) is 29.7. The summed E-state index contributed by atoms with van der Waals surface area (Å²) in [6.45, 7) is 7.44. The Morgan fingerprint density at radius 3 is 2.45 bits per heavy atom. The Morgan fingerprint density at radius 2 is 1.77 bits per heavy atom. The molecule has 0 bridgehead atoms. The monoisotopic (exact) mass is 423 g/mol. The number of hydrogen-bond acceptors (Lipinski definition) is 4. The first-order chi connectivity index (χ1) is 15.0. The molecule has 1 aliphatic carbocycles. The average Bonchev–Trinajstić information content (AvgIpc) is 3.56. The molecule has 2 heterocycles. The molecule has 1 aliphatic heterocycles. The number of nitrogens with zero attached hydrogens (tertiary/aromatic N) is 3. The minimum absolute atomic E-state index is 0.171. The van der Waals surface area contributed by atoms with Crippen molar-refractivity contribution in [2.45, 2.75) is 45.6 Å². The molecule has 1 saturated heterocycles. The number of aromatic nitrogens is 1. The van der Waals surface area contributed by atoms with Crippen LogP contribution in [0.2, 0.25) is 0 Å². The maximum atomic E-state index is 12.9. The zero-order valence-electron chi connectivity index (χ0n) is 18.9. The third-order valence-corrected chi connectivity index (χ3v) is 6.59. The molecule has 1 amide bonds. The number of ether oxygens (including phenoxy) is 1. The van der Waals surface area contributed by atoms with Crippen LogP contribution in [0.25, 0.3) is 0 Å². The molecule has 4 rings (SSSR count). The normalized spacial score (nSPS) is 17.1. The van der Waals surface area contributed by atoms with Crippen LogP contribution in [0.5, 0.6) is 5.75 Å². The number of para-hydroxylation sites is 1. The highest BCUT2D eigenvalue weighted by molar-refractivity contribution is 5.99. The first-order valence-corrected chi connectivity index (χ1v) is 11.3. The Labute approximate surface area is 184 Å².